The second-order valence-electron chi connectivity index (χ2n) is 7.69. The number of nitrogens with one attached hydrogen (secondary N) is 3. The van der Waals surface area contributed by atoms with E-state index in [1.165, 1.54) is 12.1 Å². The van der Waals surface area contributed by atoms with Crippen LogP contribution in [0.15, 0.2) is 79.1 Å². The molecule has 0 bridgehead atoms. The Hall–Kier alpha value is -4.39. The summed E-state index contributed by atoms with van der Waals surface area (Å²) in [4.78, 5) is 31.5. The van der Waals surface area contributed by atoms with E-state index in [1.807, 2.05) is 60.9 Å². The van der Waals surface area contributed by atoms with Crippen molar-refractivity contribution in [3.05, 3.63) is 106 Å². The maximum atomic E-state index is 13.8. The Labute approximate surface area is 175 Å². The topological polar surface area (TPSA) is 104 Å². The van der Waals surface area contributed by atoms with Gasteiger partial charge >= 0.3 is 0 Å². The van der Waals surface area contributed by atoms with Gasteiger partial charge in [-0.15, -0.1) is 0 Å². The minimum absolute atomic E-state index is 0.0562. The summed E-state index contributed by atoms with van der Waals surface area (Å²) < 4.78 is 0. The number of nitro groups is 1. The molecule has 0 spiro atoms. The Kier molecular flexibility index (Phi) is 3.41. The van der Waals surface area contributed by atoms with E-state index in [2.05, 4.69) is 15.3 Å². The van der Waals surface area contributed by atoms with Gasteiger partial charge in [-0.1, -0.05) is 36.4 Å². The van der Waals surface area contributed by atoms with Crippen molar-refractivity contribution in [1.82, 2.24) is 9.97 Å². The predicted molar refractivity (Wildman–Crippen MR) is 118 cm³/mol. The van der Waals surface area contributed by atoms with Gasteiger partial charge in [-0.2, -0.15) is 0 Å². The SMILES string of the molecule is O=C1Nc2ccc([N+](=O)[O-])cc2C1(c1c[nH]c2ccccc12)c1c[nH]c2ccccc12. The van der Waals surface area contributed by atoms with Gasteiger partial charge in [-0.3, -0.25) is 14.9 Å². The van der Waals surface area contributed by atoms with Crippen LogP contribution in [0.2, 0.25) is 0 Å². The Morgan fingerprint density at radius 3 is 1.94 bits per heavy atom. The van der Waals surface area contributed by atoms with Gasteiger partial charge in [0.2, 0.25) is 5.91 Å². The summed E-state index contributed by atoms with van der Waals surface area (Å²) in [5.41, 5.74) is 3.13. The lowest BCUT2D eigenvalue weighted by molar-refractivity contribution is -0.384. The molecule has 0 aliphatic carbocycles. The first kappa shape index (κ1) is 17.5. The number of H-pyrrole nitrogens is 2. The van der Waals surface area contributed by atoms with Crippen LogP contribution in [-0.2, 0) is 10.2 Å². The molecule has 3 heterocycles. The fourth-order valence-electron chi connectivity index (χ4n) is 4.85. The summed E-state index contributed by atoms with van der Waals surface area (Å²) in [6, 6.07) is 20.0. The fraction of sp³-hybridized carbons (Fsp3) is 0.0417. The van der Waals surface area contributed by atoms with Crippen molar-refractivity contribution in [3.8, 4) is 0 Å². The number of benzene rings is 3. The van der Waals surface area contributed by atoms with Crippen molar-refractivity contribution in [2.24, 2.45) is 0 Å². The van der Waals surface area contributed by atoms with Crippen LogP contribution < -0.4 is 5.32 Å². The molecule has 7 nitrogen and oxygen atoms in total. The molecule has 2 aromatic heterocycles. The first-order chi connectivity index (χ1) is 15.1. The lowest BCUT2D eigenvalue weighted by Crippen LogP contribution is -2.36. The number of aromatic amines is 2. The third kappa shape index (κ3) is 2.20. The van der Waals surface area contributed by atoms with Crippen molar-refractivity contribution in [2.45, 2.75) is 5.41 Å². The minimum Gasteiger partial charge on any atom is -0.361 e. The second-order valence-corrected chi connectivity index (χ2v) is 7.69. The molecule has 0 fully saturated rings. The van der Waals surface area contributed by atoms with Crippen molar-refractivity contribution in [1.29, 1.82) is 0 Å². The molecule has 0 atom stereocenters. The van der Waals surface area contributed by atoms with Crippen LogP contribution in [0.5, 0.6) is 0 Å². The summed E-state index contributed by atoms with van der Waals surface area (Å²) in [6.45, 7) is 0. The molecule has 31 heavy (non-hydrogen) atoms. The molecular formula is C24H16N4O3. The second kappa shape index (κ2) is 6.06. The molecule has 6 rings (SSSR count). The third-order valence-electron chi connectivity index (χ3n) is 6.19. The van der Waals surface area contributed by atoms with E-state index in [4.69, 9.17) is 0 Å². The average molecular weight is 408 g/mol. The lowest BCUT2D eigenvalue weighted by atomic mass is 9.70. The Morgan fingerprint density at radius 1 is 0.774 bits per heavy atom. The first-order valence-electron chi connectivity index (χ1n) is 9.84. The number of aromatic nitrogens is 2. The standard InChI is InChI=1S/C24H16N4O3/c29-23-24(18-12-25-20-7-3-1-5-15(18)20,19-13-26-21-8-4-2-6-16(19)21)17-11-14(28(30)31)9-10-22(17)27-23/h1-13,25-26H,(H,27,29). The summed E-state index contributed by atoms with van der Waals surface area (Å²) in [6.07, 6.45) is 3.67. The molecule has 7 heteroatoms. The van der Waals surface area contributed by atoms with Crippen LogP contribution in [0.4, 0.5) is 11.4 Å². The Balaban J connectivity index is 1.79. The summed E-state index contributed by atoms with van der Waals surface area (Å²) >= 11 is 0. The molecular weight excluding hydrogens is 392 g/mol. The highest BCUT2D eigenvalue weighted by Gasteiger charge is 2.52. The molecule has 150 valence electrons. The quantitative estimate of drug-likeness (QED) is 0.294. The van der Waals surface area contributed by atoms with E-state index < -0.39 is 10.3 Å². The number of rotatable bonds is 3. The predicted octanol–water partition coefficient (Wildman–Crippen LogP) is 4.84. The highest BCUT2D eigenvalue weighted by Crippen LogP contribution is 2.52. The fourth-order valence-corrected chi connectivity index (χ4v) is 4.85. The molecule has 5 aromatic rings. The van der Waals surface area contributed by atoms with Crippen molar-refractivity contribution < 1.29 is 9.72 Å². The van der Waals surface area contributed by atoms with Crippen LogP contribution in [0.1, 0.15) is 16.7 Å². The summed E-state index contributed by atoms with van der Waals surface area (Å²) in [5, 5.41) is 16.3. The van der Waals surface area contributed by atoms with Gasteiger partial charge in [0.15, 0.2) is 0 Å². The van der Waals surface area contributed by atoms with Gasteiger partial charge in [-0.05, 0) is 18.2 Å². The monoisotopic (exact) mass is 408 g/mol. The molecule has 0 saturated heterocycles. The average Bonchev–Trinajstić information content (AvgIpc) is 3.47. The summed E-state index contributed by atoms with van der Waals surface area (Å²) in [7, 11) is 0. The largest absolute Gasteiger partial charge is 0.361 e. The number of para-hydroxylation sites is 2. The molecule has 0 radical (unpaired) electrons. The van der Waals surface area contributed by atoms with Crippen LogP contribution in [0, 0.1) is 10.1 Å². The van der Waals surface area contributed by atoms with E-state index in [-0.39, 0.29) is 11.6 Å². The van der Waals surface area contributed by atoms with Crippen molar-refractivity contribution in [3.63, 3.8) is 0 Å². The van der Waals surface area contributed by atoms with E-state index in [0.29, 0.717) is 11.3 Å². The highest BCUT2D eigenvalue weighted by molar-refractivity contribution is 6.15. The number of fused-ring (bicyclic) bond motifs is 3. The molecule has 0 saturated carbocycles. The molecule has 1 aliphatic heterocycles. The highest BCUT2D eigenvalue weighted by atomic mass is 16.6. The molecule has 3 aromatic carbocycles. The molecule has 0 unspecified atom stereocenters. The van der Waals surface area contributed by atoms with Gasteiger partial charge < -0.3 is 15.3 Å². The van der Waals surface area contributed by atoms with Gasteiger partial charge in [-0.25, -0.2) is 0 Å². The van der Waals surface area contributed by atoms with E-state index in [9.17, 15) is 14.9 Å². The number of hydrogen-bond donors (Lipinski definition) is 3. The number of nitrogens with zero attached hydrogens (tertiary/aromatic N) is 1. The summed E-state index contributed by atoms with van der Waals surface area (Å²) in [5.74, 6) is -0.238. The third-order valence-corrected chi connectivity index (χ3v) is 6.19. The van der Waals surface area contributed by atoms with Gasteiger partial charge in [0.25, 0.3) is 5.69 Å². The van der Waals surface area contributed by atoms with Crippen LogP contribution in [0.3, 0.4) is 0 Å². The van der Waals surface area contributed by atoms with Crippen LogP contribution in [0.25, 0.3) is 21.8 Å². The first-order valence-corrected chi connectivity index (χ1v) is 9.84. The number of hydrogen-bond acceptors (Lipinski definition) is 3. The minimum atomic E-state index is -1.25. The molecule has 1 aliphatic rings. The number of anilines is 1. The number of non-ortho nitro benzene ring substituents is 1. The van der Waals surface area contributed by atoms with Crippen LogP contribution in [-0.4, -0.2) is 20.8 Å². The van der Waals surface area contributed by atoms with Crippen molar-refractivity contribution in [2.75, 3.05) is 5.32 Å². The van der Waals surface area contributed by atoms with E-state index >= 15 is 0 Å². The van der Waals surface area contributed by atoms with Gasteiger partial charge in [0, 0.05) is 68.7 Å². The number of amides is 1. The Bertz CT molecular complexity index is 1450. The van der Waals surface area contributed by atoms with Gasteiger partial charge in [0.1, 0.15) is 5.41 Å². The van der Waals surface area contributed by atoms with Crippen LogP contribution >= 0.6 is 0 Å². The zero-order valence-corrected chi connectivity index (χ0v) is 16.2. The molecule has 3 N–H and O–H groups in total. The van der Waals surface area contributed by atoms with E-state index in [0.717, 1.165) is 32.9 Å². The van der Waals surface area contributed by atoms with Crippen molar-refractivity contribution >= 4 is 39.1 Å². The zero-order chi connectivity index (χ0) is 21.2. The lowest BCUT2D eigenvalue weighted by Gasteiger charge is -2.27. The zero-order valence-electron chi connectivity index (χ0n) is 16.2. The maximum Gasteiger partial charge on any atom is 0.269 e. The number of carbonyl (C=O) groups is 1. The Morgan fingerprint density at radius 2 is 1.35 bits per heavy atom. The number of carbonyl (C=O) groups excluding carboxylic acids is 1. The smallest absolute Gasteiger partial charge is 0.269 e. The number of nitro benzene ring substituents is 1. The van der Waals surface area contributed by atoms with E-state index in [1.54, 1.807) is 6.07 Å². The van der Waals surface area contributed by atoms with Gasteiger partial charge in [0.05, 0.1) is 4.92 Å². The maximum absolute atomic E-state index is 13.8. The molecule has 1 amide bonds. The normalized spacial score (nSPS) is 14.6.